The molecule has 0 saturated heterocycles. The molecule has 15 heavy (non-hydrogen) atoms. The minimum Gasteiger partial charge on any atom is -0.476 e. The van der Waals surface area contributed by atoms with E-state index in [9.17, 15) is 4.79 Å². The van der Waals surface area contributed by atoms with Gasteiger partial charge in [-0.05, 0) is 24.3 Å². The third-order valence-corrected chi connectivity index (χ3v) is 2.11. The second-order valence-electron chi connectivity index (χ2n) is 2.89. The summed E-state index contributed by atoms with van der Waals surface area (Å²) in [4.78, 5) is 10.6. The van der Waals surface area contributed by atoms with Crippen LogP contribution in [0, 0.1) is 0 Å². The van der Waals surface area contributed by atoms with Gasteiger partial charge in [0.15, 0.2) is 11.5 Å². The SMILES string of the molecule is O=C(O)c1cc(-c2ccc(Cl)cc2)on1. The van der Waals surface area contributed by atoms with Crippen molar-refractivity contribution in [3.05, 3.63) is 41.0 Å². The van der Waals surface area contributed by atoms with Crippen molar-refractivity contribution in [2.45, 2.75) is 0 Å². The third-order valence-electron chi connectivity index (χ3n) is 1.86. The quantitative estimate of drug-likeness (QED) is 0.850. The number of aromatic nitrogens is 1. The van der Waals surface area contributed by atoms with Gasteiger partial charge in [0.2, 0.25) is 0 Å². The van der Waals surface area contributed by atoms with E-state index in [4.69, 9.17) is 21.2 Å². The van der Waals surface area contributed by atoms with Crippen LogP contribution in [0.15, 0.2) is 34.9 Å². The molecule has 0 atom stereocenters. The first kappa shape index (κ1) is 9.73. The number of benzene rings is 1. The Morgan fingerprint density at radius 1 is 1.33 bits per heavy atom. The normalized spacial score (nSPS) is 10.2. The van der Waals surface area contributed by atoms with Gasteiger partial charge in [0.25, 0.3) is 0 Å². The Labute approximate surface area is 90.1 Å². The largest absolute Gasteiger partial charge is 0.476 e. The van der Waals surface area contributed by atoms with E-state index in [1.807, 2.05) is 0 Å². The fraction of sp³-hybridized carbons (Fsp3) is 0. The zero-order chi connectivity index (χ0) is 10.8. The molecular formula is C10H6ClNO3. The Morgan fingerprint density at radius 3 is 2.53 bits per heavy atom. The van der Waals surface area contributed by atoms with E-state index >= 15 is 0 Å². The van der Waals surface area contributed by atoms with Crippen LogP contribution < -0.4 is 0 Å². The van der Waals surface area contributed by atoms with Crippen LogP contribution in [0.1, 0.15) is 10.5 Å². The predicted octanol–water partition coefficient (Wildman–Crippen LogP) is 2.69. The highest BCUT2D eigenvalue weighted by Gasteiger charge is 2.11. The van der Waals surface area contributed by atoms with Crippen molar-refractivity contribution in [1.82, 2.24) is 5.16 Å². The van der Waals surface area contributed by atoms with E-state index in [0.717, 1.165) is 5.56 Å². The van der Waals surface area contributed by atoms with Crippen molar-refractivity contribution in [3.63, 3.8) is 0 Å². The number of rotatable bonds is 2. The number of carboxylic acids is 1. The Balaban J connectivity index is 2.37. The van der Waals surface area contributed by atoms with E-state index in [1.165, 1.54) is 6.07 Å². The summed E-state index contributed by atoms with van der Waals surface area (Å²) in [6.07, 6.45) is 0. The second kappa shape index (κ2) is 3.74. The molecule has 0 aliphatic heterocycles. The van der Waals surface area contributed by atoms with Gasteiger partial charge in [0.05, 0.1) is 0 Å². The van der Waals surface area contributed by atoms with Gasteiger partial charge in [-0.25, -0.2) is 4.79 Å². The van der Waals surface area contributed by atoms with Crippen LogP contribution in [0.2, 0.25) is 5.02 Å². The molecule has 0 aliphatic rings. The van der Waals surface area contributed by atoms with Gasteiger partial charge in [-0.1, -0.05) is 16.8 Å². The topological polar surface area (TPSA) is 63.3 Å². The number of hydrogen-bond donors (Lipinski definition) is 1. The van der Waals surface area contributed by atoms with Gasteiger partial charge in [-0.2, -0.15) is 0 Å². The van der Waals surface area contributed by atoms with Crippen LogP contribution in [-0.2, 0) is 0 Å². The van der Waals surface area contributed by atoms with E-state index in [1.54, 1.807) is 24.3 Å². The lowest BCUT2D eigenvalue weighted by atomic mass is 10.2. The van der Waals surface area contributed by atoms with Crippen molar-refractivity contribution in [1.29, 1.82) is 0 Å². The molecule has 5 heteroatoms. The van der Waals surface area contributed by atoms with Crippen LogP contribution in [0.4, 0.5) is 0 Å². The summed E-state index contributed by atoms with van der Waals surface area (Å²) in [6, 6.07) is 8.22. The molecule has 1 heterocycles. The molecule has 1 N–H and O–H groups in total. The lowest BCUT2D eigenvalue weighted by molar-refractivity contribution is 0.0686. The maximum atomic E-state index is 10.6. The van der Waals surface area contributed by atoms with Crippen LogP contribution in [-0.4, -0.2) is 16.2 Å². The Morgan fingerprint density at radius 2 is 2.00 bits per heavy atom. The van der Waals surface area contributed by atoms with Gasteiger partial charge < -0.3 is 9.63 Å². The summed E-state index contributed by atoms with van der Waals surface area (Å²) in [5.41, 5.74) is 0.624. The van der Waals surface area contributed by atoms with Crippen molar-refractivity contribution < 1.29 is 14.4 Å². The molecule has 1 aromatic heterocycles. The smallest absolute Gasteiger partial charge is 0.358 e. The predicted molar refractivity (Wildman–Crippen MR) is 53.9 cm³/mol. The van der Waals surface area contributed by atoms with Crippen molar-refractivity contribution >= 4 is 17.6 Å². The Kier molecular flexibility index (Phi) is 2.43. The molecule has 76 valence electrons. The maximum Gasteiger partial charge on any atom is 0.358 e. The molecule has 1 aromatic carbocycles. The van der Waals surface area contributed by atoms with Gasteiger partial charge in [-0.15, -0.1) is 0 Å². The summed E-state index contributed by atoms with van der Waals surface area (Å²) >= 11 is 5.71. The molecule has 0 bridgehead atoms. The second-order valence-corrected chi connectivity index (χ2v) is 3.32. The highest BCUT2D eigenvalue weighted by Crippen LogP contribution is 2.22. The molecule has 0 spiro atoms. The fourth-order valence-corrected chi connectivity index (χ4v) is 1.25. The van der Waals surface area contributed by atoms with E-state index in [0.29, 0.717) is 10.8 Å². The molecule has 0 fully saturated rings. The molecule has 0 aliphatic carbocycles. The standard InChI is InChI=1S/C10H6ClNO3/c11-7-3-1-6(2-4-7)9-5-8(10(13)14)12-15-9/h1-5H,(H,13,14). The molecule has 0 amide bonds. The summed E-state index contributed by atoms with van der Waals surface area (Å²) in [7, 11) is 0. The average molecular weight is 224 g/mol. The van der Waals surface area contributed by atoms with E-state index in [-0.39, 0.29) is 5.69 Å². The lowest BCUT2D eigenvalue weighted by Crippen LogP contribution is -1.94. The first-order chi connectivity index (χ1) is 7.16. The zero-order valence-corrected chi connectivity index (χ0v) is 8.23. The molecule has 4 nitrogen and oxygen atoms in total. The number of aromatic carboxylic acids is 1. The summed E-state index contributed by atoms with van der Waals surface area (Å²) < 4.78 is 4.88. The van der Waals surface area contributed by atoms with Gasteiger partial charge in [0, 0.05) is 16.7 Å². The monoisotopic (exact) mass is 223 g/mol. The summed E-state index contributed by atoms with van der Waals surface area (Å²) in [6.45, 7) is 0. The molecule has 0 radical (unpaired) electrons. The number of carboxylic acid groups (broad SMARTS) is 1. The van der Waals surface area contributed by atoms with Crippen LogP contribution in [0.3, 0.4) is 0 Å². The Bertz CT molecular complexity index is 490. The summed E-state index contributed by atoms with van der Waals surface area (Å²) in [5.74, 6) is -0.706. The molecular weight excluding hydrogens is 218 g/mol. The van der Waals surface area contributed by atoms with Crippen LogP contribution >= 0.6 is 11.6 Å². The minimum absolute atomic E-state index is 0.111. The number of carbonyl (C=O) groups is 1. The Hall–Kier alpha value is -1.81. The molecule has 0 unspecified atom stereocenters. The molecule has 2 rings (SSSR count). The maximum absolute atomic E-state index is 10.6. The van der Waals surface area contributed by atoms with Crippen molar-refractivity contribution in [2.24, 2.45) is 0 Å². The molecule has 2 aromatic rings. The summed E-state index contributed by atoms with van der Waals surface area (Å²) in [5, 5.41) is 12.7. The number of nitrogens with zero attached hydrogens (tertiary/aromatic N) is 1. The minimum atomic E-state index is -1.11. The van der Waals surface area contributed by atoms with Crippen LogP contribution in [0.25, 0.3) is 11.3 Å². The highest BCUT2D eigenvalue weighted by atomic mass is 35.5. The first-order valence-electron chi connectivity index (χ1n) is 4.13. The lowest BCUT2D eigenvalue weighted by Gasteiger charge is -1.93. The van der Waals surface area contributed by atoms with Gasteiger partial charge in [-0.3, -0.25) is 0 Å². The average Bonchev–Trinajstić information content (AvgIpc) is 2.68. The third kappa shape index (κ3) is 1.99. The van der Waals surface area contributed by atoms with Gasteiger partial charge in [0.1, 0.15) is 0 Å². The molecule has 0 saturated carbocycles. The van der Waals surface area contributed by atoms with E-state index in [2.05, 4.69) is 5.16 Å². The van der Waals surface area contributed by atoms with Gasteiger partial charge >= 0.3 is 5.97 Å². The number of halogens is 1. The van der Waals surface area contributed by atoms with Crippen molar-refractivity contribution in [3.8, 4) is 11.3 Å². The number of hydrogen-bond acceptors (Lipinski definition) is 3. The fourth-order valence-electron chi connectivity index (χ4n) is 1.13. The zero-order valence-electron chi connectivity index (χ0n) is 7.48. The first-order valence-corrected chi connectivity index (χ1v) is 4.50. The highest BCUT2D eigenvalue weighted by molar-refractivity contribution is 6.30. The van der Waals surface area contributed by atoms with Crippen molar-refractivity contribution in [2.75, 3.05) is 0 Å². The van der Waals surface area contributed by atoms with E-state index < -0.39 is 5.97 Å². The van der Waals surface area contributed by atoms with Crippen LogP contribution in [0.5, 0.6) is 0 Å².